The van der Waals surface area contributed by atoms with Gasteiger partial charge in [-0.05, 0) is 37.1 Å². The van der Waals surface area contributed by atoms with Crippen LogP contribution in [0.1, 0.15) is 42.5 Å². The van der Waals surface area contributed by atoms with Crippen LogP contribution >= 0.6 is 0 Å². The zero-order valence-electron chi connectivity index (χ0n) is 13.4. The first kappa shape index (κ1) is 16.2. The van der Waals surface area contributed by atoms with E-state index >= 15 is 0 Å². The first-order chi connectivity index (χ1) is 11.3. The molecule has 2 aromatic rings. The number of aliphatic hydroxyl groups is 2. The van der Waals surface area contributed by atoms with Crippen LogP contribution in [0.15, 0.2) is 60.7 Å². The van der Waals surface area contributed by atoms with Gasteiger partial charge in [-0.2, -0.15) is 0 Å². The molecule has 2 N–H and O–H groups in total. The number of aliphatic hydroxyl groups excluding tert-OH is 2. The van der Waals surface area contributed by atoms with Crippen LogP contribution in [-0.2, 0) is 0 Å². The highest BCUT2D eigenvalue weighted by molar-refractivity contribution is 5.24. The second-order valence-corrected chi connectivity index (χ2v) is 6.30. The number of rotatable bonds is 5. The second-order valence-electron chi connectivity index (χ2n) is 6.30. The van der Waals surface area contributed by atoms with Crippen LogP contribution in [0.4, 0.5) is 0 Å². The first-order valence-corrected chi connectivity index (χ1v) is 8.47. The minimum absolute atomic E-state index is 0.174. The van der Waals surface area contributed by atoms with E-state index in [4.69, 9.17) is 0 Å². The third-order valence-electron chi connectivity index (χ3n) is 4.71. The average molecular weight is 311 g/mol. The van der Waals surface area contributed by atoms with Gasteiger partial charge in [0.25, 0.3) is 0 Å². The zero-order chi connectivity index (χ0) is 16.1. The smallest absolute Gasteiger partial charge is 0.107 e. The Bertz CT molecular complexity index is 581. The van der Waals surface area contributed by atoms with Crippen molar-refractivity contribution in [2.45, 2.75) is 37.5 Å². The van der Waals surface area contributed by atoms with E-state index in [0.29, 0.717) is 0 Å². The van der Waals surface area contributed by atoms with Gasteiger partial charge in [0.1, 0.15) is 12.2 Å². The van der Waals surface area contributed by atoms with Gasteiger partial charge in [0.15, 0.2) is 0 Å². The van der Waals surface area contributed by atoms with Gasteiger partial charge in [-0.1, -0.05) is 67.1 Å². The third kappa shape index (κ3) is 3.81. The fourth-order valence-corrected chi connectivity index (χ4v) is 3.49. The van der Waals surface area contributed by atoms with Gasteiger partial charge in [-0.25, -0.2) is 0 Å². The number of nitrogens with zero attached hydrogens (tertiary/aromatic N) is 1. The van der Waals surface area contributed by atoms with E-state index in [9.17, 15) is 10.2 Å². The molecule has 2 aromatic carbocycles. The molecular weight excluding hydrogens is 286 g/mol. The summed E-state index contributed by atoms with van der Waals surface area (Å²) in [5.74, 6) is 0. The molecule has 3 atom stereocenters. The van der Waals surface area contributed by atoms with Crippen molar-refractivity contribution in [2.24, 2.45) is 0 Å². The van der Waals surface area contributed by atoms with Crippen molar-refractivity contribution < 1.29 is 10.2 Å². The van der Waals surface area contributed by atoms with Crippen molar-refractivity contribution in [3.05, 3.63) is 71.8 Å². The molecule has 0 aliphatic carbocycles. The SMILES string of the molecule is O[C@H]([C@H](O)c1ccccc1)[C@@H](c1ccccc1)N1CCCCC1. The summed E-state index contributed by atoms with van der Waals surface area (Å²) >= 11 is 0. The van der Waals surface area contributed by atoms with Crippen molar-refractivity contribution in [1.29, 1.82) is 0 Å². The van der Waals surface area contributed by atoms with E-state index in [0.717, 1.165) is 37.1 Å². The maximum Gasteiger partial charge on any atom is 0.107 e. The molecule has 3 rings (SSSR count). The molecule has 1 saturated heterocycles. The van der Waals surface area contributed by atoms with Crippen molar-refractivity contribution in [2.75, 3.05) is 13.1 Å². The summed E-state index contributed by atoms with van der Waals surface area (Å²) in [7, 11) is 0. The van der Waals surface area contributed by atoms with Crippen molar-refractivity contribution in [3.8, 4) is 0 Å². The Labute approximate surface area is 138 Å². The lowest BCUT2D eigenvalue weighted by atomic mass is 9.91. The van der Waals surface area contributed by atoms with Crippen LogP contribution in [0, 0.1) is 0 Å². The Morgan fingerprint density at radius 2 is 1.22 bits per heavy atom. The lowest BCUT2D eigenvalue weighted by Crippen LogP contribution is -2.42. The molecule has 3 nitrogen and oxygen atoms in total. The topological polar surface area (TPSA) is 43.7 Å². The molecule has 1 fully saturated rings. The molecule has 0 amide bonds. The molecule has 122 valence electrons. The monoisotopic (exact) mass is 311 g/mol. The van der Waals surface area contributed by atoms with E-state index in [1.54, 1.807) is 0 Å². The number of likely N-dealkylation sites (tertiary alicyclic amines) is 1. The van der Waals surface area contributed by atoms with Gasteiger partial charge in [-0.15, -0.1) is 0 Å². The van der Waals surface area contributed by atoms with Crippen LogP contribution in [0.3, 0.4) is 0 Å². The second kappa shape index (κ2) is 7.73. The molecule has 3 heteroatoms. The van der Waals surface area contributed by atoms with Gasteiger partial charge >= 0.3 is 0 Å². The Balaban J connectivity index is 1.87. The summed E-state index contributed by atoms with van der Waals surface area (Å²) in [5.41, 5.74) is 1.83. The van der Waals surface area contributed by atoms with Gasteiger partial charge in [0.2, 0.25) is 0 Å². The Morgan fingerprint density at radius 1 is 0.696 bits per heavy atom. The molecule has 1 aliphatic heterocycles. The summed E-state index contributed by atoms with van der Waals surface area (Å²) in [5, 5.41) is 21.6. The number of hydrogen-bond donors (Lipinski definition) is 2. The normalized spacial score (nSPS) is 19.9. The van der Waals surface area contributed by atoms with Crippen molar-refractivity contribution in [1.82, 2.24) is 4.90 Å². The van der Waals surface area contributed by atoms with Crippen LogP contribution < -0.4 is 0 Å². The molecule has 0 aromatic heterocycles. The van der Waals surface area contributed by atoms with E-state index in [2.05, 4.69) is 4.90 Å². The van der Waals surface area contributed by atoms with Crippen LogP contribution in [0.25, 0.3) is 0 Å². The summed E-state index contributed by atoms with van der Waals surface area (Å²) < 4.78 is 0. The summed E-state index contributed by atoms with van der Waals surface area (Å²) in [6.07, 6.45) is 1.81. The standard InChI is InChI=1S/C20H25NO2/c22-19(17-12-6-2-7-13-17)20(23)18(16-10-4-1-5-11-16)21-14-8-3-9-15-21/h1-2,4-7,10-13,18-20,22-23H,3,8-9,14-15H2/t18-,19-,20+/m1/s1. The fourth-order valence-electron chi connectivity index (χ4n) is 3.49. The van der Waals surface area contributed by atoms with Crippen molar-refractivity contribution >= 4 is 0 Å². The predicted octanol–water partition coefficient (Wildman–Crippen LogP) is 3.31. The van der Waals surface area contributed by atoms with Crippen molar-refractivity contribution in [3.63, 3.8) is 0 Å². The molecule has 1 aliphatic rings. The number of hydrogen-bond acceptors (Lipinski definition) is 3. The molecule has 0 unspecified atom stereocenters. The first-order valence-electron chi connectivity index (χ1n) is 8.47. The molecule has 0 bridgehead atoms. The lowest BCUT2D eigenvalue weighted by Gasteiger charge is -2.39. The molecule has 23 heavy (non-hydrogen) atoms. The Hall–Kier alpha value is -1.68. The molecule has 0 radical (unpaired) electrons. The van der Waals surface area contributed by atoms with E-state index < -0.39 is 12.2 Å². The van der Waals surface area contributed by atoms with Crippen LogP contribution in [0.5, 0.6) is 0 Å². The van der Waals surface area contributed by atoms with Gasteiger partial charge < -0.3 is 10.2 Å². The highest BCUT2D eigenvalue weighted by Gasteiger charge is 2.33. The minimum Gasteiger partial charge on any atom is -0.388 e. The number of piperidine rings is 1. The summed E-state index contributed by atoms with van der Waals surface area (Å²) in [4.78, 5) is 2.32. The lowest BCUT2D eigenvalue weighted by molar-refractivity contribution is -0.0461. The third-order valence-corrected chi connectivity index (χ3v) is 4.71. The zero-order valence-corrected chi connectivity index (χ0v) is 13.4. The maximum atomic E-state index is 10.9. The molecule has 0 spiro atoms. The molecule has 1 heterocycles. The average Bonchev–Trinajstić information content (AvgIpc) is 2.64. The largest absolute Gasteiger partial charge is 0.388 e. The van der Waals surface area contributed by atoms with E-state index in [1.807, 2.05) is 60.7 Å². The predicted molar refractivity (Wildman–Crippen MR) is 92.0 cm³/mol. The quantitative estimate of drug-likeness (QED) is 0.890. The van der Waals surface area contributed by atoms with Gasteiger partial charge in [-0.3, -0.25) is 4.90 Å². The van der Waals surface area contributed by atoms with Crippen LogP contribution in [0.2, 0.25) is 0 Å². The fraction of sp³-hybridized carbons (Fsp3) is 0.400. The Kier molecular flexibility index (Phi) is 5.44. The Morgan fingerprint density at radius 3 is 1.78 bits per heavy atom. The minimum atomic E-state index is -0.886. The van der Waals surface area contributed by atoms with Gasteiger partial charge in [0, 0.05) is 0 Å². The van der Waals surface area contributed by atoms with Gasteiger partial charge in [0.05, 0.1) is 6.04 Å². The molecule has 0 saturated carbocycles. The highest BCUT2D eigenvalue weighted by Crippen LogP contribution is 2.33. The summed E-state index contributed by atoms with van der Waals surface area (Å²) in [6, 6.07) is 19.3. The summed E-state index contributed by atoms with van der Waals surface area (Å²) in [6.45, 7) is 1.94. The van der Waals surface area contributed by atoms with E-state index in [1.165, 1.54) is 6.42 Å². The highest BCUT2D eigenvalue weighted by atomic mass is 16.3. The van der Waals surface area contributed by atoms with E-state index in [-0.39, 0.29) is 6.04 Å². The molecular formula is C20H25NO2. The number of benzene rings is 2. The van der Waals surface area contributed by atoms with Crippen LogP contribution in [-0.4, -0.2) is 34.3 Å². The maximum absolute atomic E-state index is 10.9.